The van der Waals surface area contributed by atoms with Crippen molar-refractivity contribution in [2.75, 3.05) is 13.6 Å². The van der Waals surface area contributed by atoms with E-state index in [-0.39, 0.29) is 24.0 Å². The molecule has 4 unspecified atom stereocenters. The summed E-state index contributed by atoms with van der Waals surface area (Å²) in [5.41, 5.74) is 2.66. The van der Waals surface area contributed by atoms with Gasteiger partial charge in [0, 0.05) is 32.1 Å². The van der Waals surface area contributed by atoms with E-state index in [1.807, 2.05) is 0 Å². The Morgan fingerprint density at radius 2 is 2.17 bits per heavy atom. The number of aryl methyl sites for hydroxylation is 1. The number of urea groups is 1. The summed E-state index contributed by atoms with van der Waals surface area (Å²) < 4.78 is 0. The van der Waals surface area contributed by atoms with Crippen molar-refractivity contribution in [3.63, 3.8) is 0 Å². The number of likely N-dealkylation sites (tertiary alicyclic amines) is 1. The molecule has 130 valence electrons. The van der Waals surface area contributed by atoms with E-state index in [4.69, 9.17) is 0 Å². The van der Waals surface area contributed by atoms with Crippen LogP contribution in [0.1, 0.15) is 43.2 Å². The quantitative estimate of drug-likeness (QED) is 0.891. The van der Waals surface area contributed by atoms with E-state index in [9.17, 15) is 9.59 Å². The van der Waals surface area contributed by atoms with Crippen molar-refractivity contribution in [1.29, 1.82) is 0 Å². The number of carbonyl (C=O) groups excluding carboxylic acids is 2. The smallest absolute Gasteiger partial charge is 0.315 e. The number of nitrogens with one attached hydrogen (secondary N) is 2. The molecule has 1 aromatic carbocycles. The van der Waals surface area contributed by atoms with E-state index in [1.54, 1.807) is 11.9 Å². The van der Waals surface area contributed by atoms with Crippen LogP contribution in [0.15, 0.2) is 24.3 Å². The first-order valence-corrected chi connectivity index (χ1v) is 8.81. The van der Waals surface area contributed by atoms with Crippen LogP contribution in [0.4, 0.5) is 4.79 Å². The van der Waals surface area contributed by atoms with Crippen LogP contribution in [0.2, 0.25) is 0 Å². The zero-order chi connectivity index (χ0) is 17.3. The van der Waals surface area contributed by atoms with Crippen molar-refractivity contribution in [2.24, 2.45) is 5.92 Å². The predicted octanol–water partition coefficient (Wildman–Crippen LogP) is 2.41. The Balaban J connectivity index is 1.46. The van der Waals surface area contributed by atoms with E-state index >= 15 is 0 Å². The molecule has 0 spiro atoms. The molecule has 4 atom stereocenters. The van der Waals surface area contributed by atoms with Crippen molar-refractivity contribution in [3.05, 3.63) is 35.4 Å². The molecule has 2 fully saturated rings. The highest BCUT2D eigenvalue weighted by Gasteiger charge is 2.42. The molecule has 5 nitrogen and oxygen atoms in total. The maximum atomic E-state index is 12.2. The molecular weight excluding hydrogens is 302 g/mol. The van der Waals surface area contributed by atoms with Gasteiger partial charge in [0.25, 0.3) is 0 Å². The summed E-state index contributed by atoms with van der Waals surface area (Å²) in [7, 11) is 1.79. The molecule has 1 saturated carbocycles. The number of likely N-dealkylation sites (N-methyl/N-ethyl adjacent to an activating group) is 1. The molecule has 3 rings (SSSR count). The Labute approximate surface area is 143 Å². The van der Waals surface area contributed by atoms with Gasteiger partial charge in [0.15, 0.2) is 0 Å². The zero-order valence-corrected chi connectivity index (χ0v) is 14.7. The fraction of sp³-hybridized carbons (Fsp3) is 0.579. The lowest BCUT2D eigenvalue weighted by Gasteiger charge is -2.30. The van der Waals surface area contributed by atoms with E-state index in [1.165, 1.54) is 11.1 Å². The second-order valence-corrected chi connectivity index (χ2v) is 7.34. The summed E-state index contributed by atoms with van der Waals surface area (Å²) >= 11 is 0. The van der Waals surface area contributed by atoms with Crippen LogP contribution in [0.5, 0.6) is 0 Å². The highest BCUT2D eigenvalue weighted by molar-refractivity contribution is 5.78. The van der Waals surface area contributed by atoms with Gasteiger partial charge in [-0.1, -0.05) is 29.8 Å². The standard InChI is InChI=1S/C19H27N3O2/c1-12-5-4-6-14(9-12)17-10-16(17)13(2)20-19(24)21-15-7-8-18(23)22(3)11-15/h4-6,9,13,15-17H,7-8,10-11H2,1-3H3,(H2,20,21,24). The summed E-state index contributed by atoms with van der Waals surface area (Å²) in [5, 5.41) is 6.08. The Morgan fingerprint density at radius 1 is 1.38 bits per heavy atom. The van der Waals surface area contributed by atoms with Crippen molar-refractivity contribution < 1.29 is 9.59 Å². The van der Waals surface area contributed by atoms with Gasteiger partial charge in [-0.3, -0.25) is 4.79 Å². The van der Waals surface area contributed by atoms with E-state index in [0.717, 1.165) is 12.8 Å². The fourth-order valence-corrected chi connectivity index (χ4v) is 3.72. The number of rotatable bonds is 4. The molecule has 3 amide bonds. The lowest BCUT2D eigenvalue weighted by atomic mass is 10.0. The van der Waals surface area contributed by atoms with E-state index < -0.39 is 0 Å². The molecule has 1 saturated heterocycles. The molecule has 1 heterocycles. The normalized spacial score (nSPS) is 27.5. The number of amides is 3. The van der Waals surface area contributed by atoms with Gasteiger partial charge in [0.2, 0.25) is 5.91 Å². The summed E-state index contributed by atoms with van der Waals surface area (Å²) in [6, 6.07) is 8.72. The third-order valence-electron chi connectivity index (χ3n) is 5.27. The minimum atomic E-state index is -0.120. The van der Waals surface area contributed by atoms with Crippen LogP contribution in [0.25, 0.3) is 0 Å². The minimum Gasteiger partial charge on any atom is -0.344 e. The lowest BCUT2D eigenvalue weighted by Crippen LogP contribution is -2.52. The number of carbonyl (C=O) groups is 2. The van der Waals surface area contributed by atoms with Crippen LogP contribution in [-0.2, 0) is 4.79 Å². The minimum absolute atomic E-state index is 0.0478. The molecule has 1 aliphatic carbocycles. The van der Waals surface area contributed by atoms with Gasteiger partial charge in [-0.25, -0.2) is 4.79 Å². The van der Waals surface area contributed by atoms with Crippen molar-refractivity contribution in [3.8, 4) is 0 Å². The second kappa shape index (κ2) is 6.83. The lowest BCUT2D eigenvalue weighted by molar-refractivity contribution is -0.132. The molecule has 2 N–H and O–H groups in total. The monoisotopic (exact) mass is 329 g/mol. The van der Waals surface area contributed by atoms with Crippen LogP contribution in [0.3, 0.4) is 0 Å². The largest absolute Gasteiger partial charge is 0.344 e. The predicted molar refractivity (Wildman–Crippen MR) is 93.8 cm³/mol. The van der Waals surface area contributed by atoms with Gasteiger partial charge in [-0.05, 0) is 44.1 Å². The van der Waals surface area contributed by atoms with E-state index in [0.29, 0.717) is 24.8 Å². The summed E-state index contributed by atoms with van der Waals surface area (Å²) in [6.45, 7) is 4.79. The van der Waals surface area contributed by atoms with Crippen LogP contribution in [0, 0.1) is 12.8 Å². The molecule has 1 aromatic rings. The third-order valence-corrected chi connectivity index (χ3v) is 5.27. The van der Waals surface area contributed by atoms with Crippen LogP contribution >= 0.6 is 0 Å². The highest BCUT2D eigenvalue weighted by atomic mass is 16.2. The van der Waals surface area contributed by atoms with Gasteiger partial charge in [-0.15, -0.1) is 0 Å². The molecule has 0 aromatic heterocycles. The van der Waals surface area contributed by atoms with Gasteiger partial charge in [-0.2, -0.15) is 0 Å². The third kappa shape index (κ3) is 3.89. The fourth-order valence-electron chi connectivity index (χ4n) is 3.72. The average Bonchev–Trinajstić information content (AvgIpc) is 3.31. The highest BCUT2D eigenvalue weighted by Crippen LogP contribution is 2.49. The van der Waals surface area contributed by atoms with Gasteiger partial charge in [0.05, 0.1) is 0 Å². The van der Waals surface area contributed by atoms with Gasteiger partial charge >= 0.3 is 6.03 Å². The summed E-state index contributed by atoms with van der Waals surface area (Å²) in [6.07, 6.45) is 2.36. The number of piperidine rings is 1. The Kier molecular flexibility index (Phi) is 4.78. The number of hydrogen-bond donors (Lipinski definition) is 2. The van der Waals surface area contributed by atoms with Crippen LogP contribution in [-0.4, -0.2) is 42.5 Å². The molecular formula is C19H27N3O2. The van der Waals surface area contributed by atoms with Crippen molar-refractivity contribution >= 4 is 11.9 Å². The molecule has 0 bridgehead atoms. The Hall–Kier alpha value is -2.04. The first kappa shape index (κ1) is 16.8. The first-order valence-electron chi connectivity index (χ1n) is 8.81. The summed E-state index contributed by atoms with van der Waals surface area (Å²) in [5.74, 6) is 1.22. The zero-order valence-electron chi connectivity index (χ0n) is 14.7. The number of benzene rings is 1. The second-order valence-electron chi connectivity index (χ2n) is 7.34. The van der Waals surface area contributed by atoms with Crippen molar-refractivity contribution in [1.82, 2.24) is 15.5 Å². The Morgan fingerprint density at radius 3 is 2.88 bits per heavy atom. The number of hydrogen-bond acceptors (Lipinski definition) is 2. The van der Waals surface area contributed by atoms with Gasteiger partial charge in [0.1, 0.15) is 0 Å². The van der Waals surface area contributed by atoms with Crippen LogP contribution < -0.4 is 10.6 Å². The molecule has 5 heteroatoms. The summed E-state index contributed by atoms with van der Waals surface area (Å²) in [4.78, 5) is 25.4. The molecule has 24 heavy (non-hydrogen) atoms. The van der Waals surface area contributed by atoms with Gasteiger partial charge < -0.3 is 15.5 Å². The Bertz CT molecular complexity index is 631. The molecule has 0 radical (unpaired) electrons. The average molecular weight is 329 g/mol. The molecule has 1 aliphatic heterocycles. The van der Waals surface area contributed by atoms with Crippen molar-refractivity contribution in [2.45, 2.75) is 51.1 Å². The maximum absolute atomic E-state index is 12.2. The number of nitrogens with zero attached hydrogens (tertiary/aromatic N) is 1. The topological polar surface area (TPSA) is 61.4 Å². The molecule has 2 aliphatic rings. The maximum Gasteiger partial charge on any atom is 0.315 e. The van der Waals surface area contributed by atoms with E-state index in [2.05, 4.69) is 48.7 Å². The first-order chi connectivity index (χ1) is 11.4. The SMILES string of the molecule is Cc1cccc(C2CC2C(C)NC(=O)NC2CCC(=O)N(C)C2)c1.